The van der Waals surface area contributed by atoms with Gasteiger partial charge in [0.15, 0.2) is 0 Å². The van der Waals surface area contributed by atoms with Crippen molar-refractivity contribution in [2.75, 3.05) is 6.61 Å². The Kier molecular flexibility index (Phi) is 9.51. The van der Waals surface area contributed by atoms with E-state index in [9.17, 15) is 14.7 Å². The van der Waals surface area contributed by atoms with Crippen LogP contribution in [-0.2, 0) is 14.3 Å². The van der Waals surface area contributed by atoms with Crippen molar-refractivity contribution in [2.45, 2.75) is 52.7 Å². The smallest absolute Gasteiger partial charge is 0.329 e. The topological polar surface area (TPSA) is 75.6 Å². The van der Waals surface area contributed by atoms with Crippen LogP contribution in [0, 0.1) is 5.92 Å². The van der Waals surface area contributed by atoms with Crippen LogP contribution in [0.3, 0.4) is 0 Å². The molecule has 148 valence electrons. The number of hydrogen-bond donors (Lipinski definition) is 2. The molecule has 27 heavy (non-hydrogen) atoms. The first-order chi connectivity index (χ1) is 12.8. The molecule has 0 aliphatic rings. The molecule has 1 rings (SSSR count). The summed E-state index contributed by atoms with van der Waals surface area (Å²) in [6.45, 7) is 9.11. The van der Waals surface area contributed by atoms with Crippen molar-refractivity contribution in [3.63, 3.8) is 0 Å². The summed E-state index contributed by atoms with van der Waals surface area (Å²) in [5, 5.41) is 12.0. The van der Waals surface area contributed by atoms with Gasteiger partial charge in [-0.15, -0.1) is 0 Å². The molecule has 5 heteroatoms. The highest BCUT2D eigenvalue weighted by Crippen LogP contribution is 2.21. The van der Waals surface area contributed by atoms with Gasteiger partial charge in [0.05, 0.1) is 0 Å². The lowest BCUT2D eigenvalue weighted by Gasteiger charge is -2.26. The average Bonchev–Trinajstić information content (AvgIpc) is 2.69. The van der Waals surface area contributed by atoms with Gasteiger partial charge in [-0.1, -0.05) is 61.9 Å². The fraction of sp³-hybridized carbons (Fsp3) is 0.455. The summed E-state index contributed by atoms with van der Waals surface area (Å²) in [6, 6.07) is 8.68. The van der Waals surface area contributed by atoms with Gasteiger partial charge in [0, 0.05) is 24.5 Å². The molecular formula is C22H31NO4. The maximum absolute atomic E-state index is 12.8. The fourth-order valence-corrected chi connectivity index (χ4v) is 2.36. The molecule has 0 spiro atoms. The number of rotatable bonds is 9. The lowest BCUT2D eigenvalue weighted by Crippen LogP contribution is -2.46. The van der Waals surface area contributed by atoms with Crippen molar-refractivity contribution < 1.29 is 19.4 Å². The molecule has 0 fully saturated rings. The normalized spacial score (nSPS) is 16.4. The number of carbonyl (C=O) groups is 2. The summed E-state index contributed by atoms with van der Waals surface area (Å²) in [4.78, 5) is 25.1. The summed E-state index contributed by atoms with van der Waals surface area (Å²) in [6.07, 6.45) is 4.54. The number of hydrogen-bond acceptors (Lipinski definition) is 4. The van der Waals surface area contributed by atoms with E-state index in [1.54, 1.807) is 19.9 Å². The third kappa shape index (κ3) is 7.39. The molecule has 2 N–H and O–H groups in total. The van der Waals surface area contributed by atoms with Gasteiger partial charge >= 0.3 is 5.97 Å². The highest BCUT2D eigenvalue weighted by Gasteiger charge is 2.31. The number of benzene rings is 1. The second-order valence-electron chi connectivity index (χ2n) is 6.85. The molecule has 1 aromatic carbocycles. The maximum atomic E-state index is 12.8. The van der Waals surface area contributed by atoms with E-state index in [0.717, 1.165) is 11.1 Å². The molecule has 0 radical (unpaired) electrons. The molecule has 0 saturated heterocycles. The van der Waals surface area contributed by atoms with Crippen molar-refractivity contribution in [1.82, 2.24) is 5.32 Å². The predicted octanol–water partition coefficient (Wildman–Crippen LogP) is 3.36. The standard InChI is InChI=1S/C22H31NO4/c1-6-15(2)12-13-20(25)23-21(17(4)19-10-8-7-9-11-19)22(26)27-18(5)16(3)14-24/h6-13,16-18,21,24H,14H2,1-5H3,(H,23,25)/b13-12+,15-6+/t16-,17+,18+,21-/m0/s1. The van der Waals surface area contributed by atoms with Crippen LogP contribution in [0.5, 0.6) is 0 Å². The minimum absolute atomic E-state index is 0.0783. The highest BCUT2D eigenvalue weighted by molar-refractivity contribution is 5.92. The Balaban J connectivity index is 3.00. The summed E-state index contributed by atoms with van der Waals surface area (Å²) in [5.74, 6) is -1.32. The lowest BCUT2D eigenvalue weighted by molar-refractivity contribution is -0.155. The Morgan fingerprint density at radius 2 is 1.78 bits per heavy atom. The van der Waals surface area contributed by atoms with E-state index in [4.69, 9.17) is 4.74 Å². The van der Waals surface area contributed by atoms with Crippen LogP contribution in [0.15, 0.2) is 54.1 Å². The van der Waals surface area contributed by atoms with Crippen LogP contribution in [0.1, 0.15) is 46.1 Å². The van der Waals surface area contributed by atoms with Crippen molar-refractivity contribution in [1.29, 1.82) is 0 Å². The fourth-order valence-electron chi connectivity index (χ4n) is 2.36. The van der Waals surface area contributed by atoms with E-state index in [2.05, 4.69) is 5.32 Å². The average molecular weight is 373 g/mol. The van der Waals surface area contributed by atoms with E-state index in [1.165, 1.54) is 6.08 Å². The van der Waals surface area contributed by atoms with Gasteiger partial charge in [0.25, 0.3) is 0 Å². The highest BCUT2D eigenvalue weighted by atomic mass is 16.5. The minimum Gasteiger partial charge on any atom is -0.461 e. The minimum atomic E-state index is -0.830. The first-order valence-corrected chi connectivity index (χ1v) is 9.27. The molecule has 0 bridgehead atoms. The van der Waals surface area contributed by atoms with Gasteiger partial charge in [-0.25, -0.2) is 4.79 Å². The zero-order chi connectivity index (χ0) is 20.4. The Morgan fingerprint density at radius 3 is 2.33 bits per heavy atom. The lowest BCUT2D eigenvalue weighted by atomic mass is 9.93. The SMILES string of the molecule is C/C=C(C)/C=C/C(=O)N[C@H](C(=O)O[C@H](C)[C@@H](C)CO)[C@H](C)c1ccccc1. The van der Waals surface area contributed by atoms with Crippen molar-refractivity contribution in [3.05, 3.63) is 59.7 Å². The molecule has 0 heterocycles. The second kappa shape index (κ2) is 11.3. The first kappa shape index (κ1) is 22.6. The summed E-state index contributed by atoms with van der Waals surface area (Å²) < 4.78 is 5.51. The molecule has 1 amide bonds. The Hall–Kier alpha value is -2.40. The summed E-state index contributed by atoms with van der Waals surface area (Å²) in [7, 11) is 0. The van der Waals surface area contributed by atoms with Gasteiger partial charge in [-0.05, 0) is 26.3 Å². The maximum Gasteiger partial charge on any atom is 0.329 e. The number of allylic oxidation sites excluding steroid dienone is 3. The van der Waals surface area contributed by atoms with E-state index < -0.39 is 18.1 Å². The summed E-state index contributed by atoms with van der Waals surface area (Å²) in [5.41, 5.74) is 1.88. The van der Waals surface area contributed by atoms with Crippen LogP contribution >= 0.6 is 0 Å². The first-order valence-electron chi connectivity index (χ1n) is 9.27. The van der Waals surface area contributed by atoms with Crippen molar-refractivity contribution in [3.8, 4) is 0 Å². The van der Waals surface area contributed by atoms with Gasteiger partial charge < -0.3 is 15.2 Å². The van der Waals surface area contributed by atoms with E-state index in [1.807, 2.05) is 57.2 Å². The number of nitrogens with one attached hydrogen (secondary N) is 1. The molecule has 1 aromatic rings. The van der Waals surface area contributed by atoms with Crippen LogP contribution < -0.4 is 5.32 Å². The van der Waals surface area contributed by atoms with Crippen molar-refractivity contribution >= 4 is 11.9 Å². The van der Waals surface area contributed by atoms with Gasteiger partial charge in [-0.2, -0.15) is 0 Å². The van der Waals surface area contributed by atoms with E-state index in [-0.39, 0.29) is 24.3 Å². The van der Waals surface area contributed by atoms with Crippen LogP contribution in [0.25, 0.3) is 0 Å². The summed E-state index contributed by atoms with van der Waals surface area (Å²) >= 11 is 0. The van der Waals surface area contributed by atoms with E-state index in [0.29, 0.717) is 0 Å². The van der Waals surface area contributed by atoms with Gasteiger partial charge in [0.1, 0.15) is 12.1 Å². The van der Waals surface area contributed by atoms with Gasteiger partial charge in [-0.3, -0.25) is 4.79 Å². The van der Waals surface area contributed by atoms with Crippen LogP contribution in [-0.4, -0.2) is 35.7 Å². The largest absolute Gasteiger partial charge is 0.461 e. The molecule has 0 aromatic heterocycles. The predicted molar refractivity (Wildman–Crippen MR) is 107 cm³/mol. The van der Waals surface area contributed by atoms with Crippen LogP contribution in [0.2, 0.25) is 0 Å². The Morgan fingerprint density at radius 1 is 1.15 bits per heavy atom. The number of aliphatic hydroxyl groups is 1. The number of aliphatic hydroxyl groups excluding tert-OH is 1. The molecule has 0 saturated carbocycles. The molecule has 0 aliphatic carbocycles. The zero-order valence-electron chi connectivity index (χ0n) is 16.8. The van der Waals surface area contributed by atoms with E-state index >= 15 is 0 Å². The quantitative estimate of drug-likeness (QED) is 0.395. The molecule has 4 atom stereocenters. The Labute approximate surface area is 162 Å². The zero-order valence-corrected chi connectivity index (χ0v) is 16.8. The molecule has 0 aliphatic heterocycles. The van der Waals surface area contributed by atoms with Crippen LogP contribution in [0.4, 0.5) is 0 Å². The van der Waals surface area contributed by atoms with Gasteiger partial charge in [0.2, 0.25) is 5.91 Å². The monoisotopic (exact) mass is 373 g/mol. The number of esters is 1. The third-order valence-corrected chi connectivity index (χ3v) is 4.72. The second-order valence-corrected chi connectivity index (χ2v) is 6.85. The molecule has 0 unspecified atom stereocenters. The van der Waals surface area contributed by atoms with Crippen molar-refractivity contribution in [2.24, 2.45) is 5.92 Å². The molecular weight excluding hydrogens is 342 g/mol. The Bertz CT molecular complexity index is 666. The number of carbonyl (C=O) groups excluding carboxylic acids is 2. The number of amides is 1. The molecule has 5 nitrogen and oxygen atoms in total. The third-order valence-electron chi connectivity index (χ3n) is 4.72. The number of ether oxygens (including phenoxy) is 1.